The molecule has 1 N–H and O–H groups in total. The summed E-state index contributed by atoms with van der Waals surface area (Å²) in [5.74, 6) is 2.36. The summed E-state index contributed by atoms with van der Waals surface area (Å²) < 4.78 is 15.9. The molecule has 136 valence electrons. The van der Waals surface area contributed by atoms with E-state index in [4.69, 9.17) is 14.2 Å². The highest BCUT2D eigenvalue weighted by Crippen LogP contribution is 2.50. The van der Waals surface area contributed by atoms with E-state index in [0.29, 0.717) is 11.3 Å². The van der Waals surface area contributed by atoms with Crippen molar-refractivity contribution in [1.82, 2.24) is 5.32 Å². The number of nitrogens with one attached hydrogen (secondary N) is 1. The molecule has 1 fully saturated rings. The number of ether oxygens (including phenoxy) is 3. The van der Waals surface area contributed by atoms with Gasteiger partial charge in [0.25, 0.3) is 0 Å². The quantitative estimate of drug-likeness (QED) is 0.625. The second kappa shape index (κ2) is 9.28. The lowest BCUT2D eigenvalue weighted by molar-refractivity contribution is 0.185. The van der Waals surface area contributed by atoms with Gasteiger partial charge in [0.1, 0.15) is 0 Å². The maximum Gasteiger partial charge on any atom is 0.161 e. The third kappa shape index (κ3) is 4.64. The van der Waals surface area contributed by atoms with Crippen LogP contribution in [0.25, 0.3) is 0 Å². The van der Waals surface area contributed by atoms with E-state index in [-0.39, 0.29) is 0 Å². The van der Waals surface area contributed by atoms with Crippen LogP contribution in [0.2, 0.25) is 0 Å². The SMILES string of the molecule is COCCNCCC(C)CC1(c2ccc(OC)c(OC)c2)CCC1. The number of hydrogen-bond donors (Lipinski definition) is 1. The molecule has 1 aliphatic carbocycles. The van der Waals surface area contributed by atoms with Crippen molar-refractivity contribution in [3.63, 3.8) is 0 Å². The summed E-state index contributed by atoms with van der Waals surface area (Å²) in [7, 11) is 5.15. The average Bonchev–Trinajstić information content (AvgIpc) is 2.57. The monoisotopic (exact) mass is 335 g/mol. The lowest BCUT2D eigenvalue weighted by Gasteiger charge is -2.44. The predicted octanol–water partition coefficient (Wildman–Crippen LogP) is 3.78. The molecule has 0 aliphatic heterocycles. The van der Waals surface area contributed by atoms with Gasteiger partial charge in [-0.1, -0.05) is 19.4 Å². The van der Waals surface area contributed by atoms with Crippen LogP contribution < -0.4 is 14.8 Å². The average molecular weight is 335 g/mol. The molecule has 4 nitrogen and oxygen atoms in total. The molecule has 4 heteroatoms. The van der Waals surface area contributed by atoms with E-state index in [1.807, 2.05) is 6.07 Å². The predicted molar refractivity (Wildman–Crippen MR) is 98.2 cm³/mol. The van der Waals surface area contributed by atoms with Gasteiger partial charge in [0.15, 0.2) is 11.5 Å². The number of benzene rings is 1. The van der Waals surface area contributed by atoms with Crippen LogP contribution in [0.4, 0.5) is 0 Å². The van der Waals surface area contributed by atoms with Crippen molar-refractivity contribution in [2.24, 2.45) is 5.92 Å². The van der Waals surface area contributed by atoms with Crippen molar-refractivity contribution in [3.8, 4) is 11.5 Å². The first-order valence-corrected chi connectivity index (χ1v) is 9.07. The minimum atomic E-state index is 0.325. The Morgan fingerprint density at radius 1 is 1.08 bits per heavy atom. The third-order valence-electron chi connectivity index (χ3n) is 5.34. The lowest BCUT2D eigenvalue weighted by atomic mass is 9.60. The van der Waals surface area contributed by atoms with Crippen molar-refractivity contribution < 1.29 is 14.2 Å². The number of hydrogen-bond acceptors (Lipinski definition) is 4. The number of rotatable bonds is 11. The van der Waals surface area contributed by atoms with Gasteiger partial charge < -0.3 is 19.5 Å². The molecule has 0 saturated heterocycles. The Morgan fingerprint density at radius 2 is 1.83 bits per heavy atom. The Hall–Kier alpha value is -1.26. The van der Waals surface area contributed by atoms with Crippen molar-refractivity contribution in [1.29, 1.82) is 0 Å². The minimum Gasteiger partial charge on any atom is -0.493 e. The van der Waals surface area contributed by atoms with Gasteiger partial charge in [-0.05, 0) is 61.3 Å². The van der Waals surface area contributed by atoms with Crippen molar-refractivity contribution in [2.75, 3.05) is 41.0 Å². The molecule has 1 unspecified atom stereocenters. The molecule has 0 bridgehead atoms. The fourth-order valence-corrected chi connectivity index (χ4v) is 3.80. The molecule has 0 amide bonds. The molecule has 1 saturated carbocycles. The molecule has 1 aromatic rings. The summed E-state index contributed by atoms with van der Waals surface area (Å²) in [6.45, 7) is 5.15. The lowest BCUT2D eigenvalue weighted by Crippen LogP contribution is -2.36. The van der Waals surface area contributed by atoms with Crippen LogP contribution in [0.3, 0.4) is 0 Å². The van der Waals surface area contributed by atoms with Crippen LogP contribution in [0.15, 0.2) is 18.2 Å². The Bertz CT molecular complexity index is 500. The van der Waals surface area contributed by atoms with Crippen LogP contribution in [-0.4, -0.2) is 41.0 Å². The molecule has 0 aromatic heterocycles. The van der Waals surface area contributed by atoms with Gasteiger partial charge in [-0.25, -0.2) is 0 Å². The molecule has 1 aromatic carbocycles. The molecule has 24 heavy (non-hydrogen) atoms. The van der Waals surface area contributed by atoms with Gasteiger partial charge in [0.2, 0.25) is 0 Å². The molecule has 0 spiro atoms. The van der Waals surface area contributed by atoms with E-state index in [9.17, 15) is 0 Å². The minimum absolute atomic E-state index is 0.325. The van der Waals surface area contributed by atoms with Crippen LogP contribution in [0.5, 0.6) is 11.5 Å². The standard InChI is InChI=1S/C20H33NO3/c1-16(8-11-21-12-13-22-2)15-20(9-5-10-20)17-6-7-18(23-3)19(14-17)24-4/h6-7,14,16,21H,5,8-13,15H2,1-4H3. The van der Waals surface area contributed by atoms with E-state index in [2.05, 4.69) is 24.4 Å². The van der Waals surface area contributed by atoms with Gasteiger partial charge in [-0.2, -0.15) is 0 Å². The zero-order valence-electron chi connectivity index (χ0n) is 15.7. The topological polar surface area (TPSA) is 39.7 Å². The Kier molecular flexibility index (Phi) is 7.38. The zero-order chi connectivity index (χ0) is 17.4. The summed E-state index contributed by atoms with van der Waals surface area (Å²) in [5, 5.41) is 3.45. The van der Waals surface area contributed by atoms with Crippen molar-refractivity contribution in [3.05, 3.63) is 23.8 Å². The molecule has 0 radical (unpaired) electrons. The smallest absolute Gasteiger partial charge is 0.161 e. The molecular formula is C20H33NO3. The Morgan fingerprint density at radius 3 is 2.42 bits per heavy atom. The molecule has 0 heterocycles. The normalized spacial score (nSPS) is 17.2. The van der Waals surface area contributed by atoms with Crippen molar-refractivity contribution >= 4 is 0 Å². The van der Waals surface area contributed by atoms with Gasteiger partial charge in [0, 0.05) is 13.7 Å². The second-order valence-corrected chi connectivity index (χ2v) is 7.04. The summed E-state index contributed by atoms with van der Waals surface area (Å²) in [5.41, 5.74) is 1.73. The van der Waals surface area contributed by atoms with E-state index >= 15 is 0 Å². The fourth-order valence-electron chi connectivity index (χ4n) is 3.80. The van der Waals surface area contributed by atoms with E-state index < -0.39 is 0 Å². The first-order chi connectivity index (χ1) is 11.6. The third-order valence-corrected chi connectivity index (χ3v) is 5.34. The highest BCUT2D eigenvalue weighted by molar-refractivity contribution is 5.45. The second-order valence-electron chi connectivity index (χ2n) is 7.04. The van der Waals surface area contributed by atoms with Crippen molar-refractivity contribution in [2.45, 2.75) is 44.4 Å². The summed E-state index contributed by atoms with van der Waals surface area (Å²) >= 11 is 0. The van der Waals surface area contributed by atoms with Gasteiger partial charge in [0.05, 0.1) is 20.8 Å². The summed E-state index contributed by atoms with van der Waals surface area (Å²) in [6, 6.07) is 6.46. The maximum atomic E-state index is 5.50. The van der Waals surface area contributed by atoms with Crippen LogP contribution in [0, 0.1) is 5.92 Å². The van der Waals surface area contributed by atoms with E-state index in [1.165, 1.54) is 37.7 Å². The van der Waals surface area contributed by atoms with E-state index in [1.54, 1.807) is 21.3 Å². The van der Waals surface area contributed by atoms with Crippen LogP contribution >= 0.6 is 0 Å². The summed E-state index contributed by atoms with van der Waals surface area (Å²) in [6.07, 6.45) is 6.34. The molecule has 1 atom stereocenters. The number of methoxy groups -OCH3 is 3. The Balaban J connectivity index is 1.96. The highest BCUT2D eigenvalue weighted by Gasteiger charge is 2.39. The maximum absolute atomic E-state index is 5.50. The van der Waals surface area contributed by atoms with E-state index in [0.717, 1.165) is 31.2 Å². The first-order valence-electron chi connectivity index (χ1n) is 9.07. The van der Waals surface area contributed by atoms with Gasteiger partial charge in [-0.3, -0.25) is 0 Å². The Labute approximate surface area is 146 Å². The fraction of sp³-hybridized carbons (Fsp3) is 0.700. The van der Waals surface area contributed by atoms with Crippen LogP contribution in [-0.2, 0) is 10.2 Å². The summed E-state index contributed by atoms with van der Waals surface area (Å²) in [4.78, 5) is 0. The van der Waals surface area contributed by atoms with Gasteiger partial charge in [-0.15, -0.1) is 0 Å². The van der Waals surface area contributed by atoms with Crippen LogP contribution in [0.1, 0.15) is 44.6 Å². The molecule has 2 rings (SSSR count). The largest absolute Gasteiger partial charge is 0.493 e. The first kappa shape index (κ1) is 19.1. The van der Waals surface area contributed by atoms with Gasteiger partial charge >= 0.3 is 0 Å². The zero-order valence-corrected chi connectivity index (χ0v) is 15.7. The molecule has 1 aliphatic rings. The molecular weight excluding hydrogens is 302 g/mol. The highest BCUT2D eigenvalue weighted by atomic mass is 16.5.